The van der Waals surface area contributed by atoms with Crippen molar-refractivity contribution in [3.63, 3.8) is 0 Å². The molecule has 150 valence electrons. The molecule has 0 unspecified atom stereocenters. The molecular weight excluding hydrogens is 476 g/mol. The summed E-state index contributed by atoms with van der Waals surface area (Å²) in [6.07, 6.45) is -2.94. The fraction of sp³-hybridized carbons (Fsp3) is 0.438. The largest absolute Gasteiger partial charge is 0.484 e. The van der Waals surface area contributed by atoms with E-state index in [0.29, 0.717) is 18.1 Å². The molecule has 0 bridgehead atoms. The first-order valence-electron chi connectivity index (χ1n) is 7.85. The van der Waals surface area contributed by atoms with Crippen molar-refractivity contribution >= 4 is 29.9 Å². The number of hydrogen-bond acceptors (Lipinski definition) is 4. The zero-order chi connectivity index (χ0) is 19.2. The van der Waals surface area contributed by atoms with E-state index in [0.717, 1.165) is 11.4 Å². The average molecular weight is 498 g/mol. The minimum absolute atomic E-state index is 0. The Morgan fingerprint density at radius 1 is 1.26 bits per heavy atom. The number of aromatic nitrogens is 3. The molecule has 0 amide bonds. The zero-order valence-corrected chi connectivity index (χ0v) is 17.5. The van der Waals surface area contributed by atoms with Crippen molar-refractivity contribution in [3.8, 4) is 5.75 Å². The molecule has 11 heteroatoms. The number of guanidine groups is 1. The third-order valence-corrected chi connectivity index (χ3v) is 3.50. The van der Waals surface area contributed by atoms with Crippen molar-refractivity contribution in [3.05, 3.63) is 41.5 Å². The maximum atomic E-state index is 12.4. The molecule has 0 aliphatic carbocycles. The number of hydrogen-bond donors (Lipinski definition) is 2. The number of ether oxygens (including phenoxy) is 1. The van der Waals surface area contributed by atoms with Crippen LogP contribution in [-0.4, -0.2) is 40.6 Å². The van der Waals surface area contributed by atoms with E-state index in [-0.39, 0.29) is 36.3 Å². The lowest BCUT2D eigenvalue weighted by Crippen LogP contribution is -2.37. The lowest BCUT2D eigenvalue weighted by Gasteiger charge is -2.16. The SMILES string of the molecule is CN=C(NCc1ccc(C)cc1OCC(F)(F)F)NCc1ncnn1C.I. The number of aryl methyl sites for hydroxylation is 2. The van der Waals surface area contributed by atoms with Gasteiger partial charge in [-0.2, -0.15) is 18.3 Å². The number of benzene rings is 1. The first-order valence-corrected chi connectivity index (χ1v) is 7.85. The van der Waals surface area contributed by atoms with Crippen molar-refractivity contribution in [2.45, 2.75) is 26.2 Å². The predicted molar refractivity (Wildman–Crippen MR) is 106 cm³/mol. The third kappa shape index (κ3) is 7.61. The van der Waals surface area contributed by atoms with Crippen molar-refractivity contribution < 1.29 is 17.9 Å². The molecule has 0 spiro atoms. The number of nitrogens with zero attached hydrogens (tertiary/aromatic N) is 4. The highest BCUT2D eigenvalue weighted by molar-refractivity contribution is 14.0. The summed E-state index contributed by atoms with van der Waals surface area (Å²) in [4.78, 5) is 8.17. The Balaban J connectivity index is 0.00000364. The quantitative estimate of drug-likeness (QED) is 0.364. The molecule has 0 atom stereocenters. The van der Waals surface area contributed by atoms with Crippen LogP contribution in [-0.2, 0) is 20.1 Å². The van der Waals surface area contributed by atoms with Gasteiger partial charge in [0.15, 0.2) is 12.6 Å². The number of nitrogens with one attached hydrogen (secondary N) is 2. The van der Waals surface area contributed by atoms with Crippen molar-refractivity contribution in [2.75, 3.05) is 13.7 Å². The monoisotopic (exact) mass is 498 g/mol. The molecule has 1 aromatic carbocycles. The summed E-state index contributed by atoms with van der Waals surface area (Å²) in [7, 11) is 3.37. The summed E-state index contributed by atoms with van der Waals surface area (Å²) in [6, 6.07) is 5.12. The van der Waals surface area contributed by atoms with Crippen molar-refractivity contribution in [1.29, 1.82) is 0 Å². The Labute approximate surface area is 172 Å². The van der Waals surface area contributed by atoms with Crippen LogP contribution in [0.15, 0.2) is 29.5 Å². The topological polar surface area (TPSA) is 76.4 Å². The van der Waals surface area contributed by atoms with Gasteiger partial charge in [-0.05, 0) is 18.6 Å². The fourth-order valence-electron chi connectivity index (χ4n) is 2.14. The van der Waals surface area contributed by atoms with Crippen LogP contribution < -0.4 is 15.4 Å². The van der Waals surface area contributed by atoms with Gasteiger partial charge in [-0.1, -0.05) is 12.1 Å². The standard InChI is InChI=1S/C16H21F3N6O.HI/c1-11-4-5-12(13(6-11)26-9-16(17,18)19)7-21-15(20-2)22-8-14-23-10-24-25(14)3;/h4-6,10H,7-9H2,1-3H3,(H2,20,21,22);1H. The van der Waals surface area contributed by atoms with Crippen LogP contribution in [0, 0.1) is 6.92 Å². The molecule has 2 N–H and O–H groups in total. The number of rotatable bonds is 6. The van der Waals surface area contributed by atoms with Crippen LogP contribution >= 0.6 is 24.0 Å². The molecule has 1 aromatic heterocycles. The van der Waals surface area contributed by atoms with Gasteiger partial charge in [-0.25, -0.2) is 4.98 Å². The molecular formula is C16H22F3IN6O. The first kappa shape index (κ1) is 23.0. The van der Waals surface area contributed by atoms with Gasteiger partial charge >= 0.3 is 6.18 Å². The van der Waals surface area contributed by atoms with Crippen LogP contribution in [0.2, 0.25) is 0 Å². The van der Waals surface area contributed by atoms with E-state index < -0.39 is 12.8 Å². The minimum Gasteiger partial charge on any atom is -0.484 e. The maximum Gasteiger partial charge on any atom is 0.422 e. The van der Waals surface area contributed by atoms with E-state index in [1.54, 1.807) is 37.8 Å². The Kier molecular flexibility index (Phi) is 8.79. The summed E-state index contributed by atoms with van der Waals surface area (Å²) < 4.78 is 43.8. The smallest absolute Gasteiger partial charge is 0.422 e. The van der Waals surface area contributed by atoms with Crippen LogP contribution in [0.1, 0.15) is 17.0 Å². The summed E-state index contributed by atoms with van der Waals surface area (Å²) >= 11 is 0. The number of aliphatic imine (C=N–C) groups is 1. The van der Waals surface area contributed by atoms with Crippen LogP contribution in [0.4, 0.5) is 13.2 Å². The Morgan fingerprint density at radius 3 is 2.56 bits per heavy atom. The van der Waals surface area contributed by atoms with E-state index in [2.05, 4.69) is 25.7 Å². The van der Waals surface area contributed by atoms with E-state index in [9.17, 15) is 13.2 Å². The third-order valence-electron chi connectivity index (χ3n) is 3.50. The second-order valence-corrected chi connectivity index (χ2v) is 5.59. The zero-order valence-electron chi connectivity index (χ0n) is 15.2. The average Bonchev–Trinajstić information content (AvgIpc) is 2.99. The van der Waals surface area contributed by atoms with Crippen LogP contribution in [0.25, 0.3) is 0 Å². The van der Waals surface area contributed by atoms with Gasteiger partial charge < -0.3 is 15.4 Å². The van der Waals surface area contributed by atoms with Crippen molar-refractivity contribution in [1.82, 2.24) is 25.4 Å². The number of alkyl halides is 3. The lowest BCUT2D eigenvalue weighted by atomic mass is 10.1. The van der Waals surface area contributed by atoms with Gasteiger partial charge in [-0.3, -0.25) is 9.67 Å². The molecule has 0 aliphatic rings. The molecule has 2 aromatic rings. The summed E-state index contributed by atoms with van der Waals surface area (Å²) in [6.45, 7) is 1.12. The molecule has 0 saturated heterocycles. The highest BCUT2D eigenvalue weighted by Gasteiger charge is 2.28. The van der Waals surface area contributed by atoms with E-state index in [1.165, 1.54) is 6.33 Å². The summed E-state index contributed by atoms with van der Waals surface area (Å²) in [5.41, 5.74) is 1.41. The molecule has 1 heterocycles. The molecule has 27 heavy (non-hydrogen) atoms. The van der Waals surface area contributed by atoms with Gasteiger partial charge in [0.25, 0.3) is 0 Å². The maximum absolute atomic E-state index is 12.4. The fourth-order valence-corrected chi connectivity index (χ4v) is 2.14. The molecule has 0 aliphatic heterocycles. The summed E-state index contributed by atoms with van der Waals surface area (Å²) in [5.74, 6) is 1.39. The molecule has 0 radical (unpaired) electrons. The Morgan fingerprint density at radius 2 is 1.96 bits per heavy atom. The van der Waals surface area contributed by atoms with E-state index >= 15 is 0 Å². The van der Waals surface area contributed by atoms with Gasteiger partial charge in [0.05, 0.1) is 6.54 Å². The Hall–Kier alpha value is -2.05. The summed E-state index contributed by atoms with van der Waals surface area (Å²) in [5, 5.41) is 10.1. The first-order chi connectivity index (χ1) is 12.3. The van der Waals surface area contributed by atoms with Gasteiger partial charge in [0, 0.05) is 26.2 Å². The molecule has 0 fully saturated rings. The molecule has 2 rings (SSSR count). The lowest BCUT2D eigenvalue weighted by molar-refractivity contribution is -0.153. The van der Waals surface area contributed by atoms with Crippen molar-refractivity contribution in [2.24, 2.45) is 12.0 Å². The second kappa shape index (κ2) is 10.3. The molecule has 7 nitrogen and oxygen atoms in total. The van der Waals surface area contributed by atoms with Crippen LogP contribution in [0.3, 0.4) is 0 Å². The van der Waals surface area contributed by atoms with Gasteiger partial charge in [0.1, 0.15) is 17.9 Å². The van der Waals surface area contributed by atoms with Gasteiger partial charge in [0.2, 0.25) is 0 Å². The highest BCUT2D eigenvalue weighted by atomic mass is 127. The normalized spacial score (nSPS) is 11.7. The van der Waals surface area contributed by atoms with E-state index in [1.807, 2.05) is 6.07 Å². The highest BCUT2D eigenvalue weighted by Crippen LogP contribution is 2.23. The second-order valence-electron chi connectivity index (χ2n) is 5.59. The minimum atomic E-state index is -4.39. The Bertz CT molecular complexity index is 763. The molecule has 0 saturated carbocycles. The van der Waals surface area contributed by atoms with Crippen LogP contribution in [0.5, 0.6) is 5.75 Å². The van der Waals surface area contributed by atoms with Gasteiger partial charge in [-0.15, -0.1) is 24.0 Å². The number of halogens is 4. The predicted octanol–water partition coefficient (Wildman–Crippen LogP) is 2.55. The van der Waals surface area contributed by atoms with E-state index in [4.69, 9.17) is 4.74 Å².